The lowest BCUT2D eigenvalue weighted by molar-refractivity contribution is -0.188. The van der Waals surface area contributed by atoms with Crippen molar-refractivity contribution in [2.45, 2.75) is 69.9 Å². The summed E-state index contributed by atoms with van der Waals surface area (Å²) in [6.07, 6.45) is 8.72. The number of ketones is 2. The van der Waals surface area contributed by atoms with Gasteiger partial charge in [0, 0.05) is 11.8 Å². The number of aliphatic hydroxyl groups excluding tert-OH is 1. The SMILES string of the molecule is C[C@]12CCC3C(CCC4=CC(=O)CC[C@@H]43)C1C[C@H]1OC(c3ccco3)O[C@]12C(=O)CO. The number of furan rings is 1. The maximum atomic E-state index is 13.3. The van der Waals surface area contributed by atoms with Crippen LogP contribution in [0.3, 0.4) is 0 Å². The number of hydrogen-bond acceptors (Lipinski definition) is 6. The van der Waals surface area contributed by atoms with E-state index in [1.165, 1.54) is 5.57 Å². The van der Waals surface area contributed by atoms with Crippen LogP contribution in [0.4, 0.5) is 0 Å². The molecule has 1 N–H and O–H groups in total. The molecule has 0 amide bonds. The zero-order chi connectivity index (χ0) is 21.4. The molecule has 4 aliphatic carbocycles. The Bertz CT molecular complexity index is 934. The van der Waals surface area contributed by atoms with Gasteiger partial charge in [0.05, 0.1) is 12.4 Å². The molecule has 0 bridgehead atoms. The van der Waals surface area contributed by atoms with Gasteiger partial charge < -0.3 is 19.0 Å². The van der Waals surface area contributed by atoms with E-state index in [1.54, 1.807) is 18.4 Å². The molecule has 0 spiro atoms. The summed E-state index contributed by atoms with van der Waals surface area (Å²) in [4.78, 5) is 25.2. The van der Waals surface area contributed by atoms with E-state index < -0.39 is 18.5 Å². The molecule has 8 atom stereocenters. The summed E-state index contributed by atoms with van der Waals surface area (Å²) in [5, 5.41) is 9.92. The zero-order valence-corrected chi connectivity index (χ0v) is 17.9. The first-order valence-corrected chi connectivity index (χ1v) is 11.7. The van der Waals surface area contributed by atoms with Gasteiger partial charge in [0.2, 0.25) is 6.29 Å². The van der Waals surface area contributed by atoms with Crippen LogP contribution in [0.1, 0.15) is 63.9 Å². The summed E-state index contributed by atoms with van der Waals surface area (Å²) in [7, 11) is 0. The Morgan fingerprint density at radius 1 is 1.23 bits per heavy atom. The summed E-state index contributed by atoms with van der Waals surface area (Å²) < 4.78 is 18.3. The van der Waals surface area contributed by atoms with Crippen LogP contribution in [0.25, 0.3) is 0 Å². The Morgan fingerprint density at radius 2 is 2.10 bits per heavy atom. The van der Waals surface area contributed by atoms with Gasteiger partial charge in [0.1, 0.15) is 6.61 Å². The van der Waals surface area contributed by atoms with Crippen LogP contribution in [0, 0.1) is 29.1 Å². The van der Waals surface area contributed by atoms with Gasteiger partial charge >= 0.3 is 0 Å². The molecule has 1 saturated heterocycles. The van der Waals surface area contributed by atoms with E-state index in [0.717, 1.165) is 38.5 Å². The highest BCUT2D eigenvalue weighted by Crippen LogP contribution is 2.69. The average Bonchev–Trinajstić information content (AvgIpc) is 3.47. The largest absolute Gasteiger partial charge is 0.464 e. The third kappa shape index (κ3) is 2.55. The molecule has 1 aliphatic heterocycles. The molecule has 4 fully saturated rings. The summed E-state index contributed by atoms with van der Waals surface area (Å²) in [6, 6.07) is 3.59. The number of allylic oxidation sites excluding steroid dienone is 1. The Hall–Kier alpha value is -1.76. The lowest BCUT2D eigenvalue weighted by atomic mass is 9.50. The fraction of sp³-hybridized carbons (Fsp3) is 0.680. The predicted molar refractivity (Wildman–Crippen MR) is 110 cm³/mol. The van der Waals surface area contributed by atoms with Crippen molar-refractivity contribution in [2.24, 2.45) is 29.1 Å². The standard InChI is InChI=1S/C25H30O6/c1-24-9-8-17-16-7-5-15(27)11-14(16)4-6-18(17)19(24)12-22-25(24,21(28)13-26)31-23(30-22)20-3-2-10-29-20/h2-3,10-11,16-19,22-23,26H,4-9,12-13H2,1H3/t16-,17?,18?,19?,22+,23?,24-,25+/m0/s1. The number of Topliss-reactive ketones (excluding diaryl/α,β-unsaturated/α-hetero) is 1. The van der Waals surface area contributed by atoms with E-state index in [4.69, 9.17) is 13.9 Å². The molecule has 2 heterocycles. The second-order valence-electron chi connectivity index (χ2n) is 10.4. The lowest BCUT2D eigenvalue weighted by Gasteiger charge is -2.55. The first-order chi connectivity index (χ1) is 15.0. The Balaban J connectivity index is 1.35. The van der Waals surface area contributed by atoms with Crippen molar-refractivity contribution in [3.63, 3.8) is 0 Å². The molecule has 31 heavy (non-hydrogen) atoms. The van der Waals surface area contributed by atoms with Crippen molar-refractivity contribution in [2.75, 3.05) is 6.61 Å². The number of fused-ring (bicyclic) bond motifs is 7. The topological polar surface area (TPSA) is 86.0 Å². The minimum absolute atomic E-state index is 0.269. The van der Waals surface area contributed by atoms with Crippen molar-refractivity contribution < 1.29 is 28.6 Å². The molecule has 1 aromatic rings. The fourth-order valence-electron chi connectivity index (χ4n) is 8.10. The second kappa shape index (κ2) is 6.87. The summed E-state index contributed by atoms with van der Waals surface area (Å²) in [5.74, 6) is 2.44. The molecular weight excluding hydrogens is 396 g/mol. The highest BCUT2D eigenvalue weighted by atomic mass is 16.8. The first kappa shape index (κ1) is 19.9. The van der Waals surface area contributed by atoms with Crippen LogP contribution in [0.2, 0.25) is 0 Å². The molecule has 0 radical (unpaired) electrons. The van der Waals surface area contributed by atoms with Gasteiger partial charge in [-0.25, -0.2) is 0 Å². The third-order valence-electron chi connectivity index (χ3n) is 9.37. The van der Waals surface area contributed by atoms with Crippen LogP contribution in [-0.2, 0) is 19.1 Å². The Kier molecular flexibility index (Phi) is 4.41. The summed E-state index contributed by atoms with van der Waals surface area (Å²) in [5.41, 5.74) is -0.162. The van der Waals surface area contributed by atoms with Crippen LogP contribution in [0.5, 0.6) is 0 Å². The van der Waals surface area contributed by atoms with Gasteiger partial charge in [-0.05, 0) is 80.4 Å². The number of rotatable bonds is 3. The highest BCUT2D eigenvalue weighted by molar-refractivity contribution is 5.92. The van der Waals surface area contributed by atoms with Gasteiger partial charge in [0.25, 0.3) is 0 Å². The molecule has 1 aromatic heterocycles. The minimum atomic E-state index is -1.13. The number of ether oxygens (including phenoxy) is 2. The predicted octanol–water partition coefficient (Wildman–Crippen LogP) is 3.75. The van der Waals surface area contributed by atoms with E-state index in [0.29, 0.717) is 35.9 Å². The van der Waals surface area contributed by atoms with Crippen molar-refractivity contribution in [3.8, 4) is 0 Å². The van der Waals surface area contributed by atoms with Gasteiger partial charge in [-0.15, -0.1) is 0 Å². The Labute approximate surface area is 182 Å². The highest BCUT2D eigenvalue weighted by Gasteiger charge is 2.74. The zero-order valence-electron chi connectivity index (χ0n) is 17.9. The monoisotopic (exact) mass is 426 g/mol. The molecule has 4 unspecified atom stereocenters. The van der Waals surface area contributed by atoms with Crippen molar-refractivity contribution >= 4 is 11.6 Å². The maximum absolute atomic E-state index is 13.3. The van der Waals surface area contributed by atoms with E-state index >= 15 is 0 Å². The number of hydrogen-bond donors (Lipinski definition) is 1. The molecule has 0 aromatic carbocycles. The average molecular weight is 427 g/mol. The second-order valence-corrected chi connectivity index (χ2v) is 10.4. The van der Waals surface area contributed by atoms with E-state index in [9.17, 15) is 14.7 Å². The smallest absolute Gasteiger partial charge is 0.218 e. The molecule has 6 nitrogen and oxygen atoms in total. The van der Waals surface area contributed by atoms with Gasteiger partial charge in [-0.1, -0.05) is 12.5 Å². The molecule has 3 saturated carbocycles. The normalized spacial score (nSPS) is 46.0. The van der Waals surface area contributed by atoms with Gasteiger partial charge in [0.15, 0.2) is 22.9 Å². The maximum Gasteiger partial charge on any atom is 0.218 e. The van der Waals surface area contributed by atoms with Crippen molar-refractivity contribution in [1.29, 1.82) is 0 Å². The van der Waals surface area contributed by atoms with Crippen LogP contribution < -0.4 is 0 Å². The van der Waals surface area contributed by atoms with Crippen molar-refractivity contribution in [3.05, 3.63) is 35.8 Å². The number of aliphatic hydroxyl groups is 1. The van der Waals surface area contributed by atoms with Gasteiger partial charge in [-0.2, -0.15) is 0 Å². The molecule has 6 heteroatoms. The van der Waals surface area contributed by atoms with Gasteiger partial charge in [-0.3, -0.25) is 9.59 Å². The third-order valence-corrected chi connectivity index (χ3v) is 9.37. The number of carbonyl (C=O) groups excluding carboxylic acids is 2. The molecular formula is C25H30O6. The van der Waals surface area contributed by atoms with Crippen LogP contribution in [0.15, 0.2) is 34.5 Å². The van der Waals surface area contributed by atoms with Crippen molar-refractivity contribution in [1.82, 2.24) is 0 Å². The van der Waals surface area contributed by atoms with E-state index in [1.807, 2.05) is 6.08 Å². The molecule has 5 aliphatic rings. The van der Waals surface area contributed by atoms with E-state index in [-0.39, 0.29) is 23.1 Å². The summed E-state index contributed by atoms with van der Waals surface area (Å²) in [6.45, 7) is 1.64. The number of carbonyl (C=O) groups is 2. The first-order valence-electron chi connectivity index (χ1n) is 11.7. The minimum Gasteiger partial charge on any atom is -0.464 e. The van der Waals surface area contributed by atoms with E-state index in [2.05, 4.69) is 6.92 Å². The molecule has 166 valence electrons. The lowest BCUT2D eigenvalue weighted by Crippen LogP contribution is -2.59. The quantitative estimate of drug-likeness (QED) is 0.792. The Morgan fingerprint density at radius 3 is 2.87 bits per heavy atom. The fourth-order valence-corrected chi connectivity index (χ4v) is 8.10. The summed E-state index contributed by atoms with van der Waals surface area (Å²) >= 11 is 0. The van der Waals surface area contributed by atoms with Crippen LogP contribution >= 0.6 is 0 Å². The molecule has 6 rings (SSSR count). The van der Waals surface area contributed by atoms with Crippen LogP contribution in [-0.4, -0.2) is 35.0 Å².